The molecular weight excluding hydrogens is 270 g/mol. The number of aromatic nitrogens is 3. The van der Waals surface area contributed by atoms with Crippen molar-refractivity contribution in [3.8, 4) is 0 Å². The van der Waals surface area contributed by atoms with E-state index in [1.165, 1.54) is 24.3 Å². The maximum atomic E-state index is 5.70. The fraction of sp³-hybridized carbons (Fsp3) is 0.571. The topological polar surface area (TPSA) is 60.0 Å². The monoisotopic (exact) mass is 291 g/mol. The molecule has 2 aromatic rings. The summed E-state index contributed by atoms with van der Waals surface area (Å²) in [7, 11) is 0. The summed E-state index contributed by atoms with van der Waals surface area (Å²) in [4.78, 5) is 12.2. The Labute approximate surface area is 123 Å². The molecule has 1 atom stereocenters. The number of rotatable bonds is 4. The first-order chi connectivity index (χ1) is 9.70. The fourth-order valence-electron chi connectivity index (χ4n) is 2.93. The summed E-state index contributed by atoms with van der Waals surface area (Å²) in [6.07, 6.45) is 8.45. The van der Waals surface area contributed by atoms with Crippen LogP contribution in [0.3, 0.4) is 0 Å². The zero-order valence-electron chi connectivity index (χ0n) is 11.8. The lowest BCUT2D eigenvalue weighted by Gasteiger charge is -2.32. The lowest BCUT2D eigenvalue weighted by atomic mass is 9.98. The highest BCUT2D eigenvalue weighted by Crippen LogP contribution is 2.23. The number of nitrogens with two attached hydrogens (primary N) is 1. The number of aryl methyl sites for hydroxylation is 1. The van der Waals surface area contributed by atoms with E-state index in [2.05, 4.69) is 32.6 Å². The van der Waals surface area contributed by atoms with Crippen molar-refractivity contribution < 1.29 is 0 Å². The van der Waals surface area contributed by atoms with Gasteiger partial charge in [0.05, 0.1) is 0 Å². The van der Waals surface area contributed by atoms with Crippen molar-refractivity contribution in [2.75, 3.05) is 18.8 Å². The molecule has 2 aromatic heterocycles. The van der Waals surface area contributed by atoms with Crippen LogP contribution in [0.1, 0.15) is 23.5 Å². The van der Waals surface area contributed by atoms with Crippen LogP contribution in [-0.2, 0) is 13.1 Å². The van der Waals surface area contributed by atoms with Crippen LogP contribution in [-0.4, -0.2) is 32.5 Å². The van der Waals surface area contributed by atoms with Gasteiger partial charge in [0.2, 0.25) is 0 Å². The minimum Gasteiger partial charge on any atom is -0.375 e. The maximum Gasteiger partial charge on any atom is 0.180 e. The molecule has 1 aliphatic heterocycles. The van der Waals surface area contributed by atoms with Gasteiger partial charge in [0.25, 0.3) is 0 Å². The van der Waals surface area contributed by atoms with E-state index in [4.69, 9.17) is 5.73 Å². The van der Waals surface area contributed by atoms with Gasteiger partial charge in [0.15, 0.2) is 5.13 Å². The molecule has 20 heavy (non-hydrogen) atoms. The van der Waals surface area contributed by atoms with Gasteiger partial charge in [0.1, 0.15) is 5.82 Å². The molecule has 5 nitrogen and oxygen atoms in total. The Morgan fingerprint density at radius 1 is 1.45 bits per heavy atom. The van der Waals surface area contributed by atoms with Crippen LogP contribution in [0.25, 0.3) is 0 Å². The van der Waals surface area contributed by atoms with Crippen LogP contribution in [0.4, 0.5) is 5.13 Å². The Hall–Kier alpha value is -1.40. The first kappa shape index (κ1) is 13.6. The molecule has 0 aromatic carbocycles. The second kappa shape index (κ2) is 5.93. The zero-order valence-corrected chi connectivity index (χ0v) is 12.6. The van der Waals surface area contributed by atoms with E-state index < -0.39 is 0 Å². The summed E-state index contributed by atoms with van der Waals surface area (Å²) in [5.74, 6) is 1.82. The third kappa shape index (κ3) is 3.19. The Morgan fingerprint density at radius 3 is 3.05 bits per heavy atom. The lowest BCUT2D eigenvalue weighted by Crippen LogP contribution is -2.36. The molecule has 108 valence electrons. The van der Waals surface area contributed by atoms with Crippen LogP contribution in [0, 0.1) is 12.8 Å². The first-order valence-corrected chi connectivity index (χ1v) is 7.92. The van der Waals surface area contributed by atoms with Crippen LogP contribution in [0.5, 0.6) is 0 Å². The van der Waals surface area contributed by atoms with Gasteiger partial charge in [-0.2, -0.15) is 0 Å². The second-order valence-corrected chi connectivity index (χ2v) is 6.68. The number of piperidine rings is 1. The zero-order chi connectivity index (χ0) is 13.9. The number of nitrogen functional groups attached to an aromatic ring is 1. The molecule has 1 saturated heterocycles. The van der Waals surface area contributed by atoms with Gasteiger partial charge in [0, 0.05) is 43.1 Å². The molecule has 2 N–H and O–H groups in total. The van der Waals surface area contributed by atoms with Crippen LogP contribution >= 0.6 is 11.3 Å². The largest absolute Gasteiger partial charge is 0.375 e. The van der Waals surface area contributed by atoms with Crippen LogP contribution < -0.4 is 5.73 Å². The van der Waals surface area contributed by atoms with Crippen molar-refractivity contribution >= 4 is 16.5 Å². The maximum absolute atomic E-state index is 5.70. The molecule has 0 spiro atoms. The van der Waals surface area contributed by atoms with Gasteiger partial charge >= 0.3 is 0 Å². The van der Waals surface area contributed by atoms with Crippen molar-refractivity contribution in [3.63, 3.8) is 0 Å². The van der Waals surface area contributed by atoms with Crippen LogP contribution in [0.15, 0.2) is 18.6 Å². The van der Waals surface area contributed by atoms with Gasteiger partial charge in [-0.3, -0.25) is 4.90 Å². The highest BCUT2D eigenvalue weighted by atomic mass is 32.1. The van der Waals surface area contributed by atoms with Crippen molar-refractivity contribution in [2.45, 2.75) is 32.9 Å². The average molecular weight is 291 g/mol. The van der Waals surface area contributed by atoms with Crippen molar-refractivity contribution in [1.29, 1.82) is 0 Å². The molecule has 6 heteroatoms. The smallest absolute Gasteiger partial charge is 0.180 e. The van der Waals surface area contributed by atoms with E-state index in [1.807, 2.05) is 12.4 Å². The summed E-state index contributed by atoms with van der Waals surface area (Å²) < 4.78 is 2.26. The van der Waals surface area contributed by atoms with Gasteiger partial charge in [-0.15, -0.1) is 11.3 Å². The third-order valence-electron chi connectivity index (χ3n) is 3.93. The fourth-order valence-corrected chi connectivity index (χ4v) is 3.66. The van der Waals surface area contributed by atoms with Gasteiger partial charge in [-0.1, -0.05) is 0 Å². The van der Waals surface area contributed by atoms with Crippen molar-refractivity contribution in [1.82, 2.24) is 19.4 Å². The van der Waals surface area contributed by atoms with E-state index >= 15 is 0 Å². The predicted octanol–water partition coefficient (Wildman–Crippen LogP) is 2.14. The standard InChI is InChI=1S/C14H21N5S/c1-11-16-4-6-19(11)9-12-3-2-5-18(8-12)10-13-7-17-14(15)20-13/h4,6-7,12H,2-3,5,8-10H2,1H3,(H2,15,17)/t12-/m0/s1. The highest BCUT2D eigenvalue weighted by Gasteiger charge is 2.21. The van der Waals surface area contributed by atoms with E-state index in [-0.39, 0.29) is 0 Å². The number of likely N-dealkylation sites (tertiary alicyclic amines) is 1. The summed E-state index contributed by atoms with van der Waals surface area (Å²) in [6, 6.07) is 0. The molecular formula is C14H21N5S. The SMILES string of the molecule is Cc1nccn1C[C@H]1CCCN(Cc2cnc(N)s2)C1. The summed E-state index contributed by atoms with van der Waals surface area (Å²) in [5, 5.41) is 0.669. The summed E-state index contributed by atoms with van der Waals surface area (Å²) in [6.45, 7) is 6.45. The number of nitrogens with zero attached hydrogens (tertiary/aromatic N) is 4. The molecule has 0 amide bonds. The van der Waals surface area contributed by atoms with Crippen molar-refractivity contribution in [2.24, 2.45) is 5.92 Å². The molecule has 0 radical (unpaired) electrons. The number of hydrogen-bond acceptors (Lipinski definition) is 5. The Balaban J connectivity index is 1.57. The van der Waals surface area contributed by atoms with E-state index in [1.54, 1.807) is 11.3 Å². The molecule has 3 rings (SSSR count). The second-order valence-electron chi connectivity index (χ2n) is 5.53. The minimum atomic E-state index is 0.669. The molecule has 0 aliphatic carbocycles. The predicted molar refractivity (Wildman–Crippen MR) is 81.5 cm³/mol. The van der Waals surface area contributed by atoms with E-state index in [0.717, 1.165) is 25.5 Å². The molecule has 0 bridgehead atoms. The van der Waals surface area contributed by atoms with E-state index in [0.29, 0.717) is 11.0 Å². The summed E-state index contributed by atoms with van der Waals surface area (Å²) in [5.41, 5.74) is 5.70. The Kier molecular flexibility index (Phi) is 4.03. The molecule has 1 aliphatic rings. The quantitative estimate of drug-likeness (QED) is 0.937. The number of anilines is 1. The molecule has 0 unspecified atom stereocenters. The average Bonchev–Trinajstić information content (AvgIpc) is 3.00. The van der Waals surface area contributed by atoms with Crippen molar-refractivity contribution in [3.05, 3.63) is 29.3 Å². The number of imidazole rings is 1. The summed E-state index contributed by atoms with van der Waals surface area (Å²) >= 11 is 1.60. The van der Waals surface area contributed by atoms with Crippen LogP contribution in [0.2, 0.25) is 0 Å². The molecule has 0 saturated carbocycles. The normalized spacial score (nSPS) is 20.4. The third-order valence-corrected chi connectivity index (χ3v) is 4.74. The van der Waals surface area contributed by atoms with Gasteiger partial charge < -0.3 is 10.3 Å². The first-order valence-electron chi connectivity index (χ1n) is 7.11. The number of thiazole rings is 1. The Morgan fingerprint density at radius 2 is 2.35 bits per heavy atom. The minimum absolute atomic E-state index is 0.669. The molecule has 1 fully saturated rings. The lowest BCUT2D eigenvalue weighted by molar-refractivity contribution is 0.156. The number of hydrogen-bond donors (Lipinski definition) is 1. The van der Waals surface area contributed by atoms with Gasteiger partial charge in [-0.05, 0) is 32.2 Å². The van der Waals surface area contributed by atoms with Gasteiger partial charge in [-0.25, -0.2) is 9.97 Å². The van der Waals surface area contributed by atoms with E-state index in [9.17, 15) is 0 Å². The Bertz CT molecular complexity index is 561. The highest BCUT2D eigenvalue weighted by molar-refractivity contribution is 7.15. The molecule has 3 heterocycles.